The Bertz CT molecular complexity index is 2330. The number of rotatable bonds is 5. The van der Waals surface area contributed by atoms with E-state index in [1.807, 2.05) is 0 Å². The van der Waals surface area contributed by atoms with Crippen LogP contribution in [0.3, 0.4) is 0 Å². The normalized spacial score (nSPS) is 24.5. The van der Waals surface area contributed by atoms with Crippen molar-refractivity contribution in [1.29, 1.82) is 0 Å². The van der Waals surface area contributed by atoms with Gasteiger partial charge in [0.15, 0.2) is 0 Å². The molecule has 5 aromatic rings. The summed E-state index contributed by atoms with van der Waals surface area (Å²) in [6.07, 6.45) is 10.5. The summed E-state index contributed by atoms with van der Waals surface area (Å²) in [4.78, 5) is 13.1. The molecule has 2 saturated carbocycles. The smallest absolute Gasteiger partial charge is 0.0949 e. The summed E-state index contributed by atoms with van der Waals surface area (Å²) in [6, 6.07) is 33.6. The maximum Gasteiger partial charge on any atom is 0.0949 e. The molecule has 5 aliphatic rings. The summed E-state index contributed by atoms with van der Waals surface area (Å²) in [7, 11) is 0. The molecule has 0 atom stereocenters. The maximum absolute atomic E-state index is 2.70. The summed E-state index contributed by atoms with van der Waals surface area (Å²) in [5.74, 6) is 1.70. The first-order valence-corrected chi connectivity index (χ1v) is 20.8. The van der Waals surface area contributed by atoms with Gasteiger partial charge in [0, 0.05) is 62.7 Å². The van der Waals surface area contributed by atoms with Crippen LogP contribution in [0.2, 0.25) is 0 Å². The lowest BCUT2D eigenvalue weighted by Gasteiger charge is -2.37. The van der Waals surface area contributed by atoms with Gasteiger partial charge in [-0.3, -0.25) is 0 Å². The first-order chi connectivity index (χ1) is 26.3. The third-order valence-corrected chi connectivity index (χ3v) is 14.2. The quantitative estimate of drug-likeness (QED) is 0.177. The van der Waals surface area contributed by atoms with E-state index in [0.29, 0.717) is 12.1 Å². The minimum Gasteiger partial charge on any atom is -0.353 e. The van der Waals surface area contributed by atoms with Gasteiger partial charge in [0.25, 0.3) is 0 Å². The van der Waals surface area contributed by atoms with Crippen molar-refractivity contribution in [2.24, 2.45) is 11.8 Å². The minimum atomic E-state index is 0.633. The zero-order valence-corrected chi connectivity index (χ0v) is 33.1. The van der Waals surface area contributed by atoms with Gasteiger partial charge in [0.2, 0.25) is 0 Å². The Balaban J connectivity index is 1.08. The van der Waals surface area contributed by atoms with Crippen LogP contribution in [-0.4, -0.2) is 39.8 Å². The Morgan fingerprint density at radius 1 is 0.463 bits per heavy atom. The third-order valence-electron chi connectivity index (χ3n) is 14.2. The van der Waals surface area contributed by atoms with Gasteiger partial charge in [0.1, 0.15) is 0 Å². The molecule has 0 N–H and O–H groups in total. The molecule has 0 saturated heterocycles. The van der Waals surface area contributed by atoms with Crippen molar-refractivity contribution in [2.75, 3.05) is 28.0 Å². The Morgan fingerprint density at radius 3 is 1.67 bits per heavy atom. The number of benzene rings is 4. The molecule has 4 heterocycles. The summed E-state index contributed by atoms with van der Waals surface area (Å²) < 4.78 is 2.52. The zero-order chi connectivity index (χ0) is 36.8. The van der Waals surface area contributed by atoms with Gasteiger partial charge >= 0.3 is 0 Å². The van der Waals surface area contributed by atoms with E-state index in [1.54, 1.807) is 0 Å². The first-order valence-electron chi connectivity index (χ1n) is 20.8. The van der Waals surface area contributed by atoms with Crippen LogP contribution < -0.4 is 14.7 Å². The van der Waals surface area contributed by atoms with Crippen molar-refractivity contribution in [1.82, 2.24) is 14.4 Å². The van der Waals surface area contributed by atoms with E-state index in [1.165, 1.54) is 130 Å². The Morgan fingerprint density at radius 2 is 1.02 bits per heavy atom. The van der Waals surface area contributed by atoms with E-state index >= 15 is 0 Å². The van der Waals surface area contributed by atoms with Crippen molar-refractivity contribution >= 4 is 50.2 Å². The predicted molar refractivity (Wildman–Crippen MR) is 227 cm³/mol. The summed E-state index contributed by atoms with van der Waals surface area (Å²) in [5.41, 5.74) is 15.6. The van der Waals surface area contributed by atoms with Crippen LogP contribution in [0, 0.1) is 11.8 Å². The van der Waals surface area contributed by atoms with Crippen molar-refractivity contribution in [3.05, 3.63) is 108 Å². The maximum atomic E-state index is 2.70. The van der Waals surface area contributed by atoms with Gasteiger partial charge in [-0.25, -0.2) is 0 Å². The molecule has 6 heteroatoms. The minimum absolute atomic E-state index is 0.633. The molecule has 0 bridgehead atoms. The number of allylic oxidation sites excluding steroid dienone is 4. The Kier molecular flexibility index (Phi) is 8.05. The van der Waals surface area contributed by atoms with Gasteiger partial charge in [-0.05, 0) is 139 Å². The predicted octanol–water partition coefficient (Wildman–Crippen LogP) is 12.4. The summed E-state index contributed by atoms with van der Waals surface area (Å²) in [6.45, 7) is 16.0. The van der Waals surface area contributed by atoms with Crippen LogP contribution in [0.5, 0.6) is 0 Å². The number of fused-ring (bicyclic) bond motifs is 5. The van der Waals surface area contributed by atoms with Crippen LogP contribution in [0.25, 0.3) is 27.5 Å². The number of hydrogen-bond donors (Lipinski definition) is 0. The molecule has 0 amide bonds. The summed E-state index contributed by atoms with van der Waals surface area (Å²) >= 11 is 0. The van der Waals surface area contributed by atoms with Crippen LogP contribution in [0.15, 0.2) is 108 Å². The number of anilines is 5. The van der Waals surface area contributed by atoms with E-state index in [4.69, 9.17) is 0 Å². The van der Waals surface area contributed by atoms with E-state index in [9.17, 15) is 0 Å². The molecule has 0 spiro atoms. The molecular formula is C48H56N6. The second kappa shape index (κ2) is 12.9. The molecule has 0 unspecified atom stereocenters. The topological polar surface area (TPSA) is 21.1 Å². The zero-order valence-electron chi connectivity index (χ0n) is 33.1. The van der Waals surface area contributed by atoms with Gasteiger partial charge < -0.3 is 29.1 Å². The van der Waals surface area contributed by atoms with E-state index in [2.05, 4.69) is 156 Å². The van der Waals surface area contributed by atoms with Gasteiger partial charge in [0.05, 0.1) is 41.4 Å². The number of aromatic nitrogens is 1. The van der Waals surface area contributed by atoms with E-state index in [-0.39, 0.29) is 0 Å². The highest BCUT2D eigenvalue weighted by atomic mass is 15.4. The number of para-hydroxylation sites is 2. The highest BCUT2D eigenvalue weighted by Crippen LogP contribution is 2.51. The fourth-order valence-electron chi connectivity index (χ4n) is 10.7. The van der Waals surface area contributed by atoms with Gasteiger partial charge in [-0.2, -0.15) is 0 Å². The van der Waals surface area contributed by atoms with Crippen LogP contribution in [0.4, 0.5) is 28.4 Å². The molecule has 6 nitrogen and oxygen atoms in total. The molecule has 54 heavy (non-hydrogen) atoms. The first kappa shape index (κ1) is 33.7. The molecule has 10 rings (SSSR count). The fraction of sp³-hybridized carbons (Fsp3) is 0.417. The van der Waals surface area contributed by atoms with Gasteiger partial charge in [-0.15, -0.1) is 0 Å². The molecule has 0 radical (unpaired) electrons. The standard InChI is InChI=1S/C48H56N6/c1-31-17-21-37(22-18-31)49-29-51(35(5)33(49)3)39-11-9-12-41(27-39)53-46-16-10-14-43-42-13-7-8-15-44(42)54(48(43)46)45-26-25-40(28-47(45)53)52-30-50(34(4)36(52)6)38-23-19-32(2)20-24-38/h7-16,25-28,31-32,37-38H,17-24,29-30H2,1-6H3. The lowest BCUT2D eigenvalue weighted by Crippen LogP contribution is -2.38. The lowest BCUT2D eigenvalue weighted by molar-refractivity contribution is 0.190. The van der Waals surface area contributed by atoms with Gasteiger partial charge in [-0.1, -0.05) is 50.2 Å². The molecule has 4 aromatic carbocycles. The highest BCUT2D eigenvalue weighted by Gasteiger charge is 2.35. The second-order valence-electron chi connectivity index (χ2n) is 17.3. The molecule has 3 aliphatic heterocycles. The fourth-order valence-corrected chi connectivity index (χ4v) is 10.7. The van der Waals surface area contributed by atoms with Crippen molar-refractivity contribution in [2.45, 2.75) is 105 Å². The average Bonchev–Trinajstić information content (AvgIpc) is 3.81. The van der Waals surface area contributed by atoms with Crippen LogP contribution in [0.1, 0.15) is 92.9 Å². The molecule has 2 fully saturated rings. The molecule has 2 aliphatic carbocycles. The van der Waals surface area contributed by atoms with Crippen LogP contribution >= 0.6 is 0 Å². The van der Waals surface area contributed by atoms with Crippen molar-refractivity contribution in [3.8, 4) is 5.69 Å². The monoisotopic (exact) mass is 716 g/mol. The Hall–Kier alpha value is -4.84. The van der Waals surface area contributed by atoms with Crippen molar-refractivity contribution in [3.63, 3.8) is 0 Å². The number of nitrogens with zero attached hydrogens (tertiary/aromatic N) is 6. The van der Waals surface area contributed by atoms with Crippen molar-refractivity contribution < 1.29 is 0 Å². The summed E-state index contributed by atoms with van der Waals surface area (Å²) in [5, 5.41) is 2.61. The largest absolute Gasteiger partial charge is 0.353 e. The average molecular weight is 717 g/mol. The lowest BCUT2D eigenvalue weighted by atomic mass is 9.86. The Labute approximate surface area is 321 Å². The SMILES string of the molecule is CC1=C(C)N(C2CCC(C)CC2)CN1c1cccc(N2c3cc(N4CN(C5CCC(C)CC5)C(C)=C4C)ccc3-n3c4ccccc4c4cccc2c43)c1. The second-order valence-corrected chi connectivity index (χ2v) is 17.3. The van der Waals surface area contributed by atoms with Crippen LogP contribution in [-0.2, 0) is 0 Å². The van der Waals surface area contributed by atoms with E-state index < -0.39 is 0 Å². The molecular weight excluding hydrogens is 661 g/mol. The molecule has 1 aromatic heterocycles. The highest BCUT2D eigenvalue weighted by molar-refractivity contribution is 6.16. The van der Waals surface area contributed by atoms with E-state index in [0.717, 1.165) is 25.2 Å². The number of hydrogen-bond acceptors (Lipinski definition) is 5. The third kappa shape index (κ3) is 5.19. The molecule has 278 valence electrons.